The van der Waals surface area contributed by atoms with Crippen molar-refractivity contribution < 1.29 is 0 Å². The molecule has 0 amide bonds. The SMILES string of the molecule is CN[C@@H]1CCCN(c2nccc3c(-c4ccc(C#N)cc4)n(-c4ccc(C)cc4)nc23)C1. The lowest BCUT2D eigenvalue weighted by Crippen LogP contribution is -2.44. The van der Waals surface area contributed by atoms with Crippen molar-refractivity contribution in [1.82, 2.24) is 20.1 Å². The lowest BCUT2D eigenvalue weighted by atomic mass is 10.0. The number of likely N-dealkylation sites (N-methyl/N-ethyl adjacent to an activating group) is 1. The number of nitrogens with one attached hydrogen (secondary N) is 1. The molecule has 1 aliphatic rings. The summed E-state index contributed by atoms with van der Waals surface area (Å²) in [6.45, 7) is 3.99. The molecule has 6 nitrogen and oxygen atoms in total. The van der Waals surface area contributed by atoms with Crippen molar-refractivity contribution in [2.45, 2.75) is 25.8 Å². The summed E-state index contributed by atoms with van der Waals surface area (Å²) in [6, 6.07) is 20.8. The number of nitriles is 1. The van der Waals surface area contributed by atoms with E-state index in [0.29, 0.717) is 11.6 Å². The predicted octanol–water partition coefficient (Wildman–Crippen LogP) is 4.46. The molecule has 1 N–H and O–H groups in total. The molecule has 0 unspecified atom stereocenters. The highest BCUT2D eigenvalue weighted by Crippen LogP contribution is 2.35. The second kappa shape index (κ2) is 8.45. The predicted molar refractivity (Wildman–Crippen MR) is 128 cm³/mol. The first-order valence-electron chi connectivity index (χ1n) is 11.1. The van der Waals surface area contributed by atoms with E-state index in [1.165, 1.54) is 12.0 Å². The summed E-state index contributed by atoms with van der Waals surface area (Å²) in [6.07, 6.45) is 4.19. The smallest absolute Gasteiger partial charge is 0.157 e. The molecule has 1 saturated heterocycles. The lowest BCUT2D eigenvalue weighted by molar-refractivity contribution is 0.448. The molecule has 3 heterocycles. The van der Waals surface area contributed by atoms with Gasteiger partial charge < -0.3 is 10.2 Å². The maximum atomic E-state index is 9.23. The van der Waals surface area contributed by atoms with Gasteiger partial charge in [-0.2, -0.15) is 10.4 Å². The minimum atomic E-state index is 0.456. The van der Waals surface area contributed by atoms with Gasteiger partial charge in [0.05, 0.1) is 23.0 Å². The maximum Gasteiger partial charge on any atom is 0.157 e. The maximum absolute atomic E-state index is 9.23. The van der Waals surface area contributed by atoms with Gasteiger partial charge in [-0.3, -0.25) is 0 Å². The number of benzene rings is 2. The van der Waals surface area contributed by atoms with Gasteiger partial charge >= 0.3 is 0 Å². The van der Waals surface area contributed by atoms with Crippen molar-refractivity contribution in [1.29, 1.82) is 5.26 Å². The van der Waals surface area contributed by atoms with Gasteiger partial charge in [-0.15, -0.1) is 0 Å². The number of aryl methyl sites for hydroxylation is 1. The number of pyridine rings is 1. The number of piperidine rings is 1. The molecule has 6 heteroatoms. The molecule has 0 bridgehead atoms. The largest absolute Gasteiger partial charge is 0.353 e. The Balaban J connectivity index is 1.71. The number of nitrogens with zero attached hydrogens (tertiary/aromatic N) is 5. The van der Waals surface area contributed by atoms with Gasteiger partial charge in [0.15, 0.2) is 5.82 Å². The second-order valence-corrected chi connectivity index (χ2v) is 8.39. The number of anilines is 1. The molecule has 0 saturated carbocycles. The van der Waals surface area contributed by atoms with E-state index in [1.807, 2.05) is 48.3 Å². The van der Waals surface area contributed by atoms with Crippen molar-refractivity contribution >= 4 is 16.7 Å². The highest BCUT2D eigenvalue weighted by atomic mass is 15.3. The molecule has 1 atom stereocenters. The van der Waals surface area contributed by atoms with E-state index in [0.717, 1.165) is 53.2 Å². The molecule has 0 radical (unpaired) electrons. The van der Waals surface area contributed by atoms with Crippen molar-refractivity contribution in [3.05, 3.63) is 71.9 Å². The summed E-state index contributed by atoms with van der Waals surface area (Å²) < 4.78 is 2.01. The fourth-order valence-corrected chi connectivity index (χ4v) is 4.49. The molecule has 5 rings (SSSR count). The summed E-state index contributed by atoms with van der Waals surface area (Å²) in [5.41, 5.74) is 5.80. The van der Waals surface area contributed by atoms with Gasteiger partial charge in [-0.05, 0) is 57.1 Å². The molecule has 2 aromatic carbocycles. The summed E-state index contributed by atoms with van der Waals surface area (Å²) in [5.74, 6) is 0.934. The average molecular weight is 423 g/mol. The van der Waals surface area contributed by atoms with Crippen molar-refractivity contribution in [3.8, 4) is 23.0 Å². The first-order valence-corrected chi connectivity index (χ1v) is 11.1. The van der Waals surface area contributed by atoms with Gasteiger partial charge in [0.2, 0.25) is 0 Å². The summed E-state index contributed by atoms with van der Waals surface area (Å²) in [4.78, 5) is 7.11. The Morgan fingerprint density at radius 2 is 1.84 bits per heavy atom. The Morgan fingerprint density at radius 3 is 2.56 bits per heavy atom. The molecule has 0 aliphatic carbocycles. The molecule has 1 aliphatic heterocycles. The zero-order valence-electron chi connectivity index (χ0n) is 18.4. The van der Waals surface area contributed by atoms with Crippen LogP contribution in [-0.2, 0) is 0 Å². The van der Waals surface area contributed by atoms with Crippen LogP contribution in [0.15, 0.2) is 60.8 Å². The van der Waals surface area contributed by atoms with Crippen molar-refractivity contribution in [3.63, 3.8) is 0 Å². The van der Waals surface area contributed by atoms with E-state index < -0.39 is 0 Å². The monoisotopic (exact) mass is 422 g/mol. The average Bonchev–Trinajstić information content (AvgIpc) is 3.24. The summed E-state index contributed by atoms with van der Waals surface area (Å²) in [7, 11) is 2.03. The quantitative estimate of drug-likeness (QED) is 0.526. The zero-order valence-corrected chi connectivity index (χ0v) is 18.4. The standard InChI is InChI=1S/C26H26N6/c1-18-5-11-22(12-6-18)32-25(20-9-7-19(16-27)8-10-20)23-13-14-29-26(24(23)30-32)31-15-3-4-21(17-31)28-2/h5-14,21,28H,3-4,15,17H2,1-2H3/t21-/m1/s1. The Morgan fingerprint density at radius 1 is 1.06 bits per heavy atom. The van der Waals surface area contributed by atoms with Crippen molar-refractivity contribution in [2.75, 3.05) is 25.0 Å². The number of hydrogen-bond acceptors (Lipinski definition) is 5. The zero-order chi connectivity index (χ0) is 22.1. The van der Waals surface area contributed by atoms with E-state index in [9.17, 15) is 5.26 Å². The van der Waals surface area contributed by atoms with Gasteiger partial charge in [-0.25, -0.2) is 9.67 Å². The van der Waals surface area contributed by atoms with Crippen LogP contribution in [0.3, 0.4) is 0 Å². The lowest BCUT2D eigenvalue weighted by Gasteiger charge is -2.33. The van der Waals surface area contributed by atoms with Crippen LogP contribution in [0.1, 0.15) is 24.0 Å². The summed E-state index contributed by atoms with van der Waals surface area (Å²) in [5, 5.41) is 18.8. The third kappa shape index (κ3) is 3.61. The van der Waals surface area contributed by atoms with Crippen LogP contribution in [0.5, 0.6) is 0 Å². The Hall–Kier alpha value is -3.69. The van der Waals surface area contributed by atoms with Crippen molar-refractivity contribution in [2.24, 2.45) is 0 Å². The van der Waals surface area contributed by atoms with Crippen LogP contribution in [0.4, 0.5) is 5.82 Å². The number of fused-ring (bicyclic) bond motifs is 1. The van der Waals surface area contributed by atoms with E-state index in [2.05, 4.69) is 47.5 Å². The molecule has 1 fully saturated rings. The third-order valence-electron chi connectivity index (χ3n) is 6.27. The number of aromatic nitrogens is 3. The van der Waals surface area contributed by atoms with Crippen LogP contribution in [0.25, 0.3) is 27.8 Å². The van der Waals surface area contributed by atoms with Crippen LogP contribution in [-0.4, -0.2) is 40.9 Å². The molecule has 160 valence electrons. The normalized spacial score (nSPS) is 16.3. The molecule has 0 spiro atoms. The van der Waals surface area contributed by atoms with Gasteiger partial charge in [-0.1, -0.05) is 29.8 Å². The van der Waals surface area contributed by atoms with E-state index in [-0.39, 0.29) is 0 Å². The van der Waals surface area contributed by atoms with Crippen LogP contribution in [0, 0.1) is 18.3 Å². The van der Waals surface area contributed by atoms with Crippen LogP contribution < -0.4 is 10.2 Å². The van der Waals surface area contributed by atoms with E-state index in [4.69, 9.17) is 10.1 Å². The fraction of sp³-hybridized carbons (Fsp3) is 0.269. The minimum Gasteiger partial charge on any atom is -0.353 e. The second-order valence-electron chi connectivity index (χ2n) is 8.39. The Bertz CT molecular complexity index is 1280. The van der Waals surface area contributed by atoms with Gasteiger partial charge in [0, 0.05) is 36.3 Å². The van der Waals surface area contributed by atoms with Gasteiger partial charge in [0.25, 0.3) is 0 Å². The topological polar surface area (TPSA) is 69.8 Å². The van der Waals surface area contributed by atoms with E-state index >= 15 is 0 Å². The Kier molecular flexibility index (Phi) is 5.34. The molecule has 4 aromatic rings. The molecule has 32 heavy (non-hydrogen) atoms. The summed E-state index contributed by atoms with van der Waals surface area (Å²) >= 11 is 0. The van der Waals surface area contributed by atoms with Crippen LogP contribution >= 0.6 is 0 Å². The van der Waals surface area contributed by atoms with E-state index in [1.54, 1.807) is 0 Å². The first-order chi connectivity index (χ1) is 15.7. The molecular weight excluding hydrogens is 396 g/mol. The number of rotatable bonds is 4. The molecule has 2 aromatic heterocycles. The molecular formula is C26H26N6. The highest BCUT2D eigenvalue weighted by molar-refractivity contribution is 5.99. The van der Waals surface area contributed by atoms with Crippen LogP contribution in [0.2, 0.25) is 0 Å². The van der Waals surface area contributed by atoms with Gasteiger partial charge in [0.1, 0.15) is 5.52 Å². The number of hydrogen-bond donors (Lipinski definition) is 1. The third-order valence-corrected chi connectivity index (χ3v) is 6.27. The highest BCUT2D eigenvalue weighted by Gasteiger charge is 2.24. The Labute approximate surface area is 188 Å². The fourth-order valence-electron chi connectivity index (χ4n) is 4.49. The first kappa shape index (κ1) is 20.2. The minimum absolute atomic E-state index is 0.456.